The van der Waals surface area contributed by atoms with Gasteiger partial charge in [-0.05, 0) is 83.1 Å². The summed E-state index contributed by atoms with van der Waals surface area (Å²) in [7, 11) is 4.10. The van der Waals surface area contributed by atoms with Crippen molar-refractivity contribution < 1.29 is 4.79 Å². The molecule has 168 valence electrons. The molecule has 0 spiro atoms. The van der Waals surface area contributed by atoms with E-state index in [1.54, 1.807) is 0 Å². The second kappa shape index (κ2) is 10.8. The molecule has 0 aliphatic heterocycles. The maximum atomic E-state index is 13.5. The van der Waals surface area contributed by atoms with Crippen molar-refractivity contribution in [1.82, 2.24) is 9.88 Å². The fourth-order valence-corrected chi connectivity index (χ4v) is 5.17. The van der Waals surface area contributed by atoms with Crippen LogP contribution in [0.3, 0.4) is 0 Å². The zero-order valence-corrected chi connectivity index (χ0v) is 21.5. The van der Waals surface area contributed by atoms with Crippen LogP contribution in [0.2, 0.25) is 5.02 Å². The Morgan fingerprint density at radius 2 is 1.68 bits per heavy atom. The van der Waals surface area contributed by atoms with Crippen LogP contribution in [0.1, 0.15) is 34.2 Å². The molecule has 0 atom stereocenters. The summed E-state index contributed by atoms with van der Waals surface area (Å²) in [6.45, 7) is 9.83. The summed E-state index contributed by atoms with van der Waals surface area (Å²) in [5.74, 6) is 0.0802. The Hall–Kier alpha value is -1.66. The number of thiazole rings is 1. The Morgan fingerprint density at radius 1 is 1.03 bits per heavy atom. The maximum Gasteiger partial charge on any atom is 0.233 e. The summed E-state index contributed by atoms with van der Waals surface area (Å²) in [4.78, 5) is 22.3. The fourth-order valence-electron chi connectivity index (χ4n) is 3.81. The van der Waals surface area contributed by atoms with Crippen LogP contribution in [-0.4, -0.2) is 43.0 Å². The number of hydrogen-bond acceptors (Lipinski definition) is 4. The minimum atomic E-state index is 0. The van der Waals surface area contributed by atoms with Crippen molar-refractivity contribution in [1.29, 1.82) is 0 Å². The van der Waals surface area contributed by atoms with E-state index < -0.39 is 0 Å². The molecule has 0 saturated carbocycles. The lowest BCUT2D eigenvalue weighted by atomic mass is 9.97. The molecular weight excluding hydrogens is 449 g/mol. The Balaban J connectivity index is 0.00000341. The van der Waals surface area contributed by atoms with E-state index in [0.717, 1.165) is 50.6 Å². The van der Waals surface area contributed by atoms with Crippen LogP contribution in [0.5, 0.6) is 0 Å². The molecule has 31 heavy (non-hydrogen) atoms. The van der Waals surface area contributed by atoms with Gasteiger partial charge in [0.2, 0.25) is 5.91 Å². The maximum absolute atomic E-state index is 13.5. The van der Waals surface area contributed by atoms with Crippen molar-refractivity contribution in [2.24, 2.45) is 0 Å². The highest BCUT2D eigenvalue weighted by atomic mass is 35.5. The van der Waals surface area contributed by atoms with Crippen molar-refractivity contribution in [3.05, 3.63) is 57.1 Å². The summed E-state index contributed by atoms with van der Waals surface area (Å²) in [5.41, 5.74) is 6.62. The summed E-state index contributed by atoms with van der Waals surface area (Å²) in [5, 5.41) is 1.41. The van der Waals surface area contributed by atoms with E-state index in [-0.39, 0.29) is 18.3 Å². The molecule has 4 nitrogen and oxygen atoms in total. The molecule has 0 radical (unpaired) electrons. The van der Waals surface area contributed by atoms with Gasteiger partial charge in [0.15, 0.2) is 5.13 Å². The third-order valence-electron chi connectivity index (χ3n) is 5.37. The van der Waals surface area contributed by atoms with Crippen molar-refractivity contribution in [3.63, 3.8) is 0 Å². The average molecular weight is 481 g/mol. The largest absolute Gasteiger partial charge is 0.309 e. The number of nitrogens with zero attached hydrogens (tertiary/aromatic N) is 3. The normalized spacial score (nSPS) is 11.1. The number of aromatic nitrogens is 1. The van der Waals surface area contributed by atoms with Gasteiger partial charge in [0.05, 0.1) is 21.7 Å². The standard InChI is InChI=1S/C24H30ClN3OS.ClH/c1-15-12-17(3)19(18(4)13-15)14-21(29)28(11-7-10-27(5)6)24-26-22-16(2)8-9-20(25)23(22)30-24;/h8-9,12-13H,7,10-11,14H2,1-6H3;1H. The summed E-state index contributed by atoms with van der Waals surface area (Å²) in [6.07, 6.45) is 1.26. The Morgan fingerprint density at radius 3 is 2.26 bits per heavy atom. The number of amides is 1. The highest BCUT2D eigenvalue weighted by Gasteiger charge is 2.22. The van der Waals surface area contributed by atoms with Gasteiger partial charge >= 0.3 is 0 Å². The Bertz CT molecular complexity index is 1020. The molecule has 2 aromatic carbocycles. The van der Waals surface area contributed by atoms with E-state index >= 15 is 0 Å². The molecule has 3 rings (SSSR count). The van der Waals surface area contributed by atoms with Crippen LogP contribution < -0.4 is 4.90 Å². The van der Waals surface area contributed by atoms with Crippen molar-refractivity contribution in [2.75, 3.05) is 32.1 Å². The molecule has 0 aliphatic carbocycles. The van der Waals surface area contributed by atoms with Gasteiger partial charge in [-0.2, -0.15) is 0 Å². The highest BCUT2D eigenvalue weighted by Crippen LogP contribution is 2.36. The molecule has 1 aromatic heterocycles. The van der Waals surface area contributed by atoms with Gasteiger partial charge in [0.1, 0.15) is 0 Å². The first-order valence-electron chi connectivity index (χ1n) is 10.2. The second-order valence-corrected chi connectivity index (χ2v) is 9.68. The molecule has 0 bridgehead atoms. The molecule has 1 amide bonds. The van der Waals surface area contributed by atoms with Crippen LogP contribution >= 0.6 is 35.3 Å². The molecule has 0 fully saturated rings. The number of rotatable bonds is 7. The van der Waals surface area contributed by atoms with Crippen molar-refractivity contribution >= 4 is 56.6 Å². The van der Waals surface area contributed by atoms with E-state index in [0.29, 0.717) is 18.0 Å². The Kier molecular flexibility index (Phi) is 8.90. The molecule has 3 aromatic rings. The van der Waals surface area contributed by atoms with Crippen molar-refractivity contribution in [2.45, 2.75) is 40.5 Å². The van der Waals surface area contributed by atoms with Gasteiger partial charge < -0.3 is 4.90 Å². The molecule has 7 heteroatoms. The van der Waals surface area contributed by atoms with Crippen LogP contribution in [0.25, 0.3) is 10.2 Å². The van der Waals surface area contributed by atoms with Gasteiger partial charge in [0.25, 0.3) is 0 Å². The lowest BCUT2D eigenvalue weighted by molar-refractivity contribution is -0.118. The third-order valence-corrected chi connectivity index (χ3v) is 6.91. The van der Waals surface area contributed by atoms with Crippen LogP contribution in [0.4, 0.5) is 5.13 Å². The lowest BCUT2D eigenvalue weighted by Gasteiger charge is -2.22. The minimum absolute atomic E-state index is 0. The van der Waals surface area contributed by atoms with E-state index in [9.17, 15) is 4.79 Å². The number of aryl methyl sites for hydroxylation is 4. The number of halogens is 2. The number of benzene rings is 2. The molecular formula is C24H31Cl2N3OS. The van der Waals surface area contributed by atoms with Crippen molar-refractivity contribution in [3.8, 4) is 0 Å². The van der Waals surface area contributed by atoms with Crippen LogP contribution in [0, 0.1) is 27.7 Å². The smallest absolute Gasteiger partial charge is 0.233 e. The molecule has 1 heterocycles. The quantitative estimate of drug-likeness (QED) is 0.408. The zero-order chi connectivity index (χ0) is 22.0. The van der Waals surface area contributed by atoms with E-state index in [2.05, 4.69) is 37.8 Å². The van der Waals surface area contributed by atoms with Gasteiger partial charge in [-0.25, -0.2) is 4.98 Å². The van der Waals surface area contributed by atoms with E-state index in [1.165, 1.54) is 16.9 Å². The predicted octanol–water partition coefficient (Wildman–Crippen LogP) is 6.13. The number of fused-ring (bicyclic) bond motifs is 1. The zero-order valence-electron chi connectivity index (χ0n) is 19.1. The summed E-state index contributed by atoms with van der Waals surface area (Å²) < 4.78 is 0.944. The summed E-state index contributed by atoms with van der Waals surface area (Å²) in [6, 6.07) is 8.17. The number of anilines is 1. The first-order valence-corrected chi connectivity index (χ1v) is 11.4. The second-order valence-electron chi connectivity index (χ2n) is 8.29. The monoisotopic (exact) mass is 479 g/mol. The molecule has 0 unspecified atom stereocenters. The predicted molar refractivity (Wildman–Crippen MR) is 136 cm³/mol. The minimum Gasteiger partial charge on any atom is -0.309 e. The fraction of sp³-hybridized carbons (Fsp3) is 0.417. The molecule has 0 N–H and O–H groups in total. The third kappa shape index (κ3) is 5.98. The number of carbonyl (C=O) groups excluding carboxylic acids is 1. The van der Waals surface area contributed by atoms with Crippen LogP contribution in [-0.2, 0) is 11.2 Å². The van der Waals surface area contributed by atoms with E-state index in [4.69, 9.17) is 16.6 Å². The first kappa shape index (κ1) is 25.6. The van der Waals surface area contributed by atoms with Crippen LogP contribution in [0.15, 0.2) is 24.3 Å². The average Bonchev–Trinajstić information content (AvgIpc) is 3.11. The van der Waals surface area contributed by atoms with Gasteiger partial charge in [-0.3, -0.25) is 9.69 Å². The van der Waals surface area contributed by atoms with Gasteiger partial charge in [0, 0.05) is 6.54 Å². The SMILES string of the molecule is Cc1cc(C)c(CC(=O)N(CCCN(C)C)c2nc3c(C)ccc(Cl)c3s2)c(C)c1.Cl. The summed E-state index contributed by atoms with van der Waals surface area (Å²) >= 11 is 7.92. The highest BCUT2D eigenvalue weighted by molar-refractivity contribution is 7.23. The van der Waals surface area contributed by atoms with Gasteiger partial charge in [-0.15, -0.1) is 12.4 Å². The number of hydrogen-bond donors (Lipinski definition) is 0. The molecule has 0 aliphatic rings. The van der Waals surface area contributed by atoms with Gasteiger partial charge in [-0.1, -0.05) is 46.7 Å². The lowest BCUT2D eigenvalue weighted by Crippen LogP contribution is -2.34. The molecule has 0 saturated heterocycles. The Labute approximate surface area is 200 Å². The number of carbonyl (C=O) groups is 1. The topological polar surface area (TPSA) is 36.4 Å². The first-order chi connectivity index (χ1) is 14.2. The van der Waals surface area contributed by atoms with E-state index in [1.807, 2.05) is 38.1 Å².